The van der Waals surface area contributed by atoms with E-state index in [1.165, 1.54) is 0 Å². The highest BCUT2D eigenvalue weighted by Gasteiger charge is 2.74. The Morgan fingerprint density at radius 2 is 0.329 bits per heavy atom. The van der Waals surface area contributed by atoms with Crippen LogP contribution in [0.15, 0.2) is 131 Å². The van der Waals surface area contributed by atoms with Crippen LogP contribution in [0.5, 0.6) is 0 Å². The van der Waals surface area contributed by atoms with Crippen LogP contribution in [-0.4, -0.2) is 34.0 Å². The Balaban J connectivity index is 0.000000114. The highest BCUT2D eigenvalue weighted by molar-refractivity contribution is 7.75. The van der Waals surface area contributed by atoms with Gasteiger partial charge in [-0.1, -0.05) is 165 Å². The number of hydrogen-bond acceptors (Lipinski definition) is 0. The third kappa shape index (κ3) is 5.08. The topological polar surface area (TPSA) is 0 Å². The van der Waals surface area contributed by atoms with Crippen molar-refractivity contribution in [3.05, 3.63) is 131 Å². The smallest absolute Gasteiger partial charge is 0.0185 e. The SMILES string of the molecule is C.CC1=C(C)[C@@]2(C)C3=C(C4=C(C3(C)C)[C@@]3(C)C(C)=C(C)[P@]4C3C)[P@]1C2C.CC1=C(C)[C@@]2(C)C3=C(C4=C(C3(C)C)[C@]3(C)C(C)=C(C)[P@@]4C3C)[P@]1C2C.CC1=C(C)[C@]2(C)C3=C(C4=C(C3(C)C)[C@@]3(C)C(C)=C(C)[P@]4C3C)[P@@]1C2C. The van der Waals surface area contributed by atoms with Gasteiger partial charge in [0.05, 0.1) is 0 Å². The lowest BCUT2D eigenvalue weighted by Gasteiger charge is -2.45. The molecule has 6 unspecified atom stereocenters. The molecule has 3 aliphatic carbocycles. The summed E-state index contributed by atoms with van der Waals surface area (Å²) in [6.07, 6.45) is 0. The molecule has 0 spiro atoms. The maximum absolute atomic E-state index is 2.58. The first-order chi connectivity index (χ1) is 34.3. The molecule has 0 aromatic carbocycles. The van der Waals surface area contributed by atoms with Gasteiger partial charge >= 0.3 is 0 Å². The van der Waals surface area contributed by atoms with Crippen molar-refractivity contribution in [2.24, 2.45) is 48.7 Å². The lowest BCUT2D eigenvalue weighted by atomic mass is 9.58. The van der Waals surface area contributed by atoms with Crippen molar-refractivity contribution in [3.8, 4) is 0 Å². The molecule has 76 heavy (non-hydrogen) atoms. The molecule has 0 radical (unpaired) electrons. The highest BCUT2D eigenvalue weighted by atomic mass is 31.1. The van der Waals surface area contributed by atoms with Gasteiger partial charge in [-0.15, -0.1) is 0 Å². The average Bonchev–Trinajstić information content (AvgIpc) is 4.35. The Kier molecular flexibility index (Phi) is 11.4. The van der Waals surface area contributed by atoms with Gasteiger partial charge in [-0.3, -0.25) is 0 Å². The molecule has 12 aliphatic heterocycles. The monoisotopic (exact) mass is 1130 g/mol. The van der Waals surface area contributed by atoms with E-state index in [1.54, 1.807) is 65.3 Å². The zero-order chi connectivity index (χ0) is 55.3. The predicted molar refractivity (Wildman–Crippen MR) is 347 cm³/mol. The highest BCUT2D eigenvalue weighted by Crippen LogP contribution is 2.96. The summed E-state index contributed by atoms with van der Waals surface area (Å²) in [5.74, 6) is 0. The van der Waals surface area contributed by atoms with Crippen LogP contribution in [0.25, 0.3) is 0 Å². The maximum atomic E-state index is 2.58. The van der Waals surface area contributed by atoms with E-state index in [9.17, 15) is 0 Å². The molecular formula is C70H100P6. The van der Waals surface area contributed by atoms with E-state index in [0.29, 0.717) is 32.5 Å². The second kappa shape index (κ2) is 15.4. The Labute approximate surface area is 473 Å². The largest absolute Gasteiger partial charge is 0.0776 e. The summed E-state index contributed by atoms with van der Waals surface area (Å²) >= 11 is 0. The van der Waals surface area contributed by atoms with E-state index < -0.39 is 0 Å². The molecule has 15 aliphatic rings. The van der Waals surface area contributed by atoms with Gasteiger partial charge in [0, 0.05) is 48.7 Å². The Hall–Kier alpha value is -0.540. The Bertz CT molecular complexity index is 2820. The van der Waals surface area contributed by atoms with E-state index >= 15 is 0 Å². The van der Waals surface area contributed by atoms with Crippen molar-refractivity contribution in [1.29, 1.82) is 0 Å². The van der Waals surface area contributed by atoms with Gasteiger partial charge in [0.1, 0.15) is 0 Å². The summed E-state index contributed by atoms with van der Waals surface area (Å²) in [5, 5.41) is 21.9. The first kappa shape index (κ1) is 56.0. The minimum Gasteiger partial charge on any atom is -0.0776 e. The summed E-state index contributed by atoms with van der Waals surface area (Å²) in [7, 11) is -0.608. The molecule has 0 nitrogen and oxygen atoms in total. The molecule has 410 valence electrons. The zero-order valence-electron chi connectivity index (χ0n) is 52.6. The molecule has 6 heteroatoms. The van der Waals surface area contributed by atoms with Gasteiger partial charge < -0.3 is 0 Å². The van der Waals surface area contributed by atoms with Crippen LogP contribution in [-0.2, 0) is 0 Å². The fourth-order valence-corrected chi connectivity index (χ4v) is 47.6. The van der Waals surface area contributed by atoms with Crippen LogP contribution in [0.3, 0.4) is 0 Å². The van der Waals surface area contributed by atoms with E-state index in [4.69, 9.17) is 0 Å². The summed E-state index contributed by atoms with van der Waals surface area (Å²) in [6.45, 7) is 75.6. The van der Waals surface area contributed by atoms with E-state index in [2.05, 4.69) is 208 Å². The summed E-state index contributed by atoms with van der Waals surface area (Å²) < 4.78 is 0. The van der Waals surface area contributed by atoms with Gasteiger partial charge in [-0.05, 0) is 262 Å². The van der Waals surface area contributed by atoms with Crippen molar-refractivity contribution < 1.29 is 0 Å². The molecule has 12 heterocycles. The molecule has 0 N–H and O–H groups in total. The standard InChI is InChI=1S/3C23H32P2.CH4/c3*1-11-13(3)24-15(5)22(11,9)19-17(24)18-20(21(19,7)8)23(10)12(2)14(4)25(18)16(23)6;/h3*15-16H,1-10H3;1H4/t15?,16?,22-,23+,24+,25-;2*15?,16?,22-,23-,24+,25+;/m.10./s1. The van der Waals surface area contributed by atoms with Crippen molar-refractivity contribution in [2.75, 3.05) is 0 Å². The third-order valence-electron chi connectivity index (χ3n) is 27.8. The van der Waals surface area contributed by atoms with Crippen LogP contribution in [0.1, 0.15) is 215 Å². The van der Waals surface area contributed by atoms with Crippen LogP contribution in [0.2, 0.25) is 0 Å². The number of fused-ring (bicyclic) bond motifs is 27. The molecule has 0 saturated heterocycles. The number of allylic oxidation sites excluding steroid dienone is 24. The first-order valence-corrected chi connectivity index (χ1v) is 38.1. The van der Waals surface area contributed by atoms with Gasteiger partial charge in [0.2, 0.25) is 0 Å². The zero-order valence-corrected chi connectivity index (χ0v) is 58.0. The van der Waals surface area contributed by atoms with E-state index in [0.717, 1.165) is 34.0 Å². The second-order valence-electron chi connectivity index (χ2n) is 30.0. The number of rotatable bonds is 0. The molecule has 0 aromatic heterocycles. The van der Waals surface area contributed by atoms with Crippen molar-refractivity contribution >= 4 is 47.5 Å². The van der Waals surface area contributed by atoms with E-state index in [-0.39, 0.29) is 71.2 Å². The molecular weight excluding hydrogens is 1030 g/mol. The summed E-state index contributed by atoms with van der Waals surface area (Å²) in [5.41, 5.74) is 28.8. The molecule has 12 bridgehead atoms. The first-order valence-electron chi connectivity index (χ1n) is 29.7. The molecule has 0 amide bonds. The molecule has 0 saturated carbocycles. The van der Waals surface area contributed by atoms with Gasteiger partial charge in [-0.25, -0.2) is 0 Å². The fourth-order valence-electron chi connectivity index (χ4n) is 22.7. The van der Waals surface area contributed by atoms with E-state index in [1.807, 2.05) is 65.3 Å². The van der Waals surface area contributed by atoms with Crippen molar-refractivity contribution in [2.45, 2.75) is 249 Å². The summed E-state index contributed by atoms with van der Waals surface area (Å²) in [4.78, 5) is 0. The van der Waals surface area contributed by atoms with Gasteiger partial charge in [0.15, 0.2) is 0 Å². The lowest BCUT2D eigenvalue weighted by molar-refractivity contribution is 0.328. The normalized spacial score (nSPS) is 48.6. The quantitative estimate of drug-likeness (QED) is 0.212. The second-order valence-corrected chi connectivity index (χ2v) is 45.8. The van der Waals surface area contributed by atoms with Gasteiger partial charge in [-0.2, -0.15) is 0 Å². The van der Waals surface area contributed by atoms with Crippen LogP contribution in [0, 0.1) is 48.7 Å². The van der Waals surface area contributed by atoms with Crippen molar-refractivity contribution in [1.82, 2.24) is 0 Å². The molecule has 18 atom stereocenters. The lowest BCUT2D eigenvalue weighted by Crippen LogP contribution is -2.38. The van der Waals surface area contributed by atoms with Gasteiger partial charge in [0.25, 0.3) is 0 Å². The maximum Gasteiger partial charge on any atom is 0.0185 e. The predicted octanol–water partition coefficient (Wildman–Crippen LogP) is 24.4. The van der Waals surface area contributed by atoms with Crippen LogP contribution >= 0.6 is 47.5 Å². The fraction of sp³-hybridized carbons (Fsp3) is 0.657. The van der Waals surface area contributed by atoms with Crippen LogP contribution < -0.4 is 0 Å². The van der Waals surface area contributed by atoms with Crippen LogP contribution in [0.4, 0.5) is 0 Å². The van der Waals surface area contributed by atoms with Crippen molar-refractivity contribution in [3.63, 3.8) is 0 Å². The minimum atomic E-state index is -0.101. The molecule has 0 aromatic rings. The third-order valence-corrected chi connectivity index (χ3v) is 48.0. The number of hydrogen-bond donors (Lipinski definition) is 0. The molecule has 15 rings (SSSR count). The molecule has 0 fully saturated rings. The Morgan fingerprint density at radius 1 is 0.224 bits per heavy atom. The summed E-state index contributed by atoms with van der Waals surface area (Å²) in [6, 6.07) is 0. The minimum absolute atomic E-state index is 0. The average molecular weight is 1130 g/mol. The Morgan fingerprint density at radius 3 is 0.434 bits per heavy atom.